The molecule has 27 heavy (non-hydrogen) atoms. The van der Waals surface area contributed by atoms with E-state index in [2.05, 4.69) is 43.3 Å². The number of carbonyl (C=O) groups excluding carboxylic acids is 1. The van der Waals surface area contributed by atoms with Gasteiger partial charge in [0.2, 0.25) is 0 Å². The van der Waals surface area contributed by atoms with Gasteiger partial charge in [0.15, 0.2) is 0 Å². The van der Waals surface area contributed by atoms with Crippen LogP contribution in [0.15, 0.2) is 54.6 Å². The molecule has 144 valence electrons. The molecule has 0 aromatic heterocycles. The highest BCUT2D eigenvalue weighted by Crippen LogP contribution is 2.22. The third kappa shape index (κ3) is 6.10. The Hall–Kier alpha value is -2.33. The molecule has 1 fully saturated rings. The predicted octanol–water partition coefficient (Wildman–Crippen LogP) is 4.34. The van der Waals surface area contributed by atoms with Crippen LogP contribution in [0.1, 0.15) is 29.5 Å². The minimum absolute atomic E-state index is 0.189. The summed E-state index contributed by atoms with van der Waals surface area (Å²) in [6, 6.07) is 18.8. The maximum atomic E-state index is 12.3. The molecule has 0 bridgehead atoms. The zero-order valence-corrected chi connectivity index (χ0v) is 16.4. The monoisotopic (exact) mass is 366 g/mol. The first-order valence-corrected chi connectivity index (χ1v) is 9.78. The van der Waals surface area contributed by atoms with Gasteiger partial charge >= 0.3 is 6.09 Å². The first kappa shape index (κ1) is 19.4. The number of piperidine rings is 1. The zero-order chi connectivity index (χ0) is 19.1. The Labute approximate surface area is 162 Å². The Morgan fingerprint density at radius 2 is 1.59 bits per heavy atom. The Kier molecular flexibility index (Phi) is 6.88. The highest BCUT2D eigenvalue weighted by Gasteiger charge is 2.23. The van der Waals surface area contributed by atoms with Gasteiger partial charge in [-0.1, -0.05) is 54.6 Å². The lowest BCUT2D eigenvalue weighted by Gasteiger charge is -2.31. The molecule has 0 aliphatic carbocycles. The van der Waals surface area contributed by atoms with Crippen LogP contribution in [-0.4, -0.2) is 43.1 Å². The van der Waals surface area contributed by atoms with E-state index >= 15 is 0 Å². The number of nitrogens with zero attached hydrogens (tertiary/aromatic N) is 2. The molecule has 0 unspecified atom stereocenters. The van der Waals surface area contributed by atoms with Crippen LogP contribution in [0.25, 0.3) is 0 Å². The van der Waals surface area contributed by atoms with E-state index in [1.54, 1.807) is 0 Å². The predicted molar refractivity (Wildman–Crippen MR) is 108 cm³/mol. The van der Waals surface area contributed by atoms with Gasteiger partial charge in [-0.2, -0.15) is 0 Å². The number of likely N-dealkylation sites (tertiary alicyclic amines) is 1. The van der Waals surface area contributed by atoms with Gasteiger partial charge in [-0.05, 0) is 56.0 Å². The van der Waals surface area contributed by atoms with Crippen LogP contribution in [0.2, 0.25) is 0 Å². The van der Waals surface area contributed by atoms with Crippen molar-refractivity contribution in [3.05, 3.63) is 71.3 Å². The molecule has 0 spiro atoms. The highest BCUT2D eigenvalue weighted by molar-refractivity contribution is 5.67. The fourth-order valence-corrected chi connectivity index (χ4v) is 3.61. The lowest BCUT2D eigenvalue weighted by molar-refractivity contribution is 0.0823. The molecular formula is C23H30N2O2. The van der Waals surface area contributed by atoms with Crippen LogP contribution in [0.3, 0.4) is 0 Å². The third-order valence-corrected chi connectivity index (χ3v) is 5.12. The molecule has 1 saturated heterocycles. The largest absolute Gasteiger partial charge is 0.445 e. The standard InChI is InChI=1S/C23H30N2O2/c1-24(2)17-21-10-8-19(9-11-21)16-20-12-14-25(15-13-20)23(26)27-18-22-6-4-3-5-7-22/h3-11,20H,12-18H2,1-2H3. The number of rotatable bonds is 6. The van der Waals surface area contributed by atoms with Crippen molar-refractivity contribution in [2.45, 2.75) is 32.4 Å². The van der Waals surface area contributed by atoms with E-state index in [9.17, 15) is 4.79 Å². The summed E-state index contributed by atoms with van der Waals surface area (Å²) in [4.78, 5) is 16.3. The fraction of sp³-hybridized carbons (Fsp3) is 0.435. The normalized spacial score (nSPS) is 15.1. The van der Waals surface area contributed by atoms with Gasteiger partial charge in [-0.3, -0.25) is 0 Å². The van der Waals surface area contributed by atoms with Gasteiger partial charge in [-0.25, -0.2) is 4.79 Å². The Morgan fingerprint density at radius 1 is 0.963 bits per heavy atom. The van der Waals surface area contributed by atoms with Crippen LogP contribution in [0.5, 0.6) is 0 Å². The summed E-state index contributed by atoms with van der Waals surface area (Å²) in [5.74, 6) is 0.642. The second-order valence-corrected chi connectivity index (χ2v) is 7.73. The molecule has 0 atom stereocenters. The lowest BCUT2D eigenvalue weighted by atomic mass is 9.90. The Balaban J connectivity index is 1.41. The van der Waals surface area contributed by atoms with Crippen LogP contribution < -0.4 is 0 Å². The minimum atomic E-state index is -0.189. The SMILES string of the molecule is CN(C)Cc1ccc(CC2CCN(C(=O)OCc3ccccc3)CC2)cc1. The molecular weight excluding hydrogens is 336 g/mol. The van der Waals surface area contributed by atoms with Crippen LogP contribution in [-0.2, 0) is 24.3 Å². The fourth-order valence-electron chi connectivity index (χ4n) is 3.61. The smallest absolute Gasteiger partial charge is 0.410 e. The van der Waals surface area contributed by atoms with Crippen molar-refractivity contribution in [1.29, 1.82) is 0 Å². The summed E-state index contributed by atoms with van der Waals surface area (Å²) in [5.41, 5.74) is 3.76. The number of hydrogen-bond acceptors (Lipinski definition) is 3. The maximum Gasteiger partial charge on any atom is 0.410 e. The summed E-state index contributed by atoms with van der Waals surface area (Å²) in [6.07, 6.45) is 2.99. The van der Waals surface area contributed by atoms with E-state index in [4.69, 9.17) is 4.74 Å². The molecule has 1 aliphatic rings. The molecule has 1 heterocycles. The number of carbonyl (C=O) groups is 1. The van der Waals surface area contributed by atoms with E-state index in [1.807, 2.05) is 35.2 Å². The van der Waals surface area contributed by atoms with Gasteiger partial charge in [-0.15, -0.1) is 0 Å². The molecule has 3 rings (SSSR count). The quantitative estimate of drug-likeness (QED) is 0.762. The molecule has 2 aromatic rings. The summed E-state index contributed by atoms with van der Waals surface area (Å²) in [7, 11) is 4.18. The van der Waals surface area contributed by atoms with Gasteiger partial charge in [0.25, 0.3) is 0 Å². The third-order valence-electron chi connectivity index (χ3n) is 5.12. The summed E-state index contributed by atoms with van der Waals surface area (Å²) in [5, 5.41) is 0. The van der Waals surface area contributed by atoms with Gasteiger partial charge < -0.3 is 14.5 Å². The average molecular weight is 367 g/mol. The summed E-state index contributed by atoms with van der Waals surface area (Å²) < 4.78 is 5.45. The Morgan fingerprint density at radius 3 is 2.22 bits per heavy atom. The maximum absolute atomic E-state index is 12.3. The van der Waals surface area contributed by atoms with Crippen molar-refractivity contribution in [2.24, 2.45) is 5.92 Å². The summed E-state index contributed by atoms with van der Waals surface area (Å²) >= 11 is 0. The summed E-state index contributed by atoms with van der Waals surface area (Å²) in [6.45, 7) is 2.90. The molecule has 4 nitrogen and oxygen atoms in total. The van der Waals surface area contributed by atoms with Crippen molar-refractivity contribution in [1.82, 2.24) is 9.80 Å². The average Bonchev–Trinajstić information content (AvgIpc) is 2.69. The van der Waals surface area contributed by atoms with Crippen molar-refractivity contribution in [3.8, 4) is 0 Å². The number of benzene rings is 2. The van der Waals surface area contributed by atoms with Gasteiger partial charge in [0, 0.05) is 19.6 Å². The van der Waals surface area contributed by atoms with Gasteiger partial charge in [0.1, 0.15) is 6.61 Å². The van der Waals surface area contributed by atoms with Crippen LogP contribution >= 0.6 is 0 Å². The Bertz CT molecular complexity index is 705. The van der Waals surface area contributed by atoms with E-state index < -0.39 is 0 Å². The minimum Gasteiger partial charge on any atom is -0.445 e. The molecule has 1 aliphatic heterocycles. The molecule has 4 heteroatoms. The first-order chi connectivity index (χ1) is 13.1. The van der Waals surface area contributed by atoms with Crippen molar-refractivity contribution in [2.75, 3.05) is 27.2 Å². The van der Waals surface area contributed by atoms with Crippen LogP contribution in [0.4, 0.5) is 4.79 Å². The second-order valence-electron chi connectivity index (χ2n) is 7.73. The molecule has 0 radical (unpaired) electrons. The number of ether oxygens (including phenoxy) is 1. The van der Waals surface area contributed by atoms with Crippen molar-refractivity contribution >= 4 is 6.09 Å². The number of hydrogen-bond donors (Lipinski definition) is 0. The lowest BCUT2D eigenvalue weighted by Crippen LogP contribution is -2.39. The first-order valence-electron chi connectivity index (χ1n) is 9.78. The molecule has 0 N–H and O–H groups in total. The van der Waals surface area contributed by atoms with Gasteiger partial charge in [0.05, 0.1) is 0 Å². The van der Waals surface area contributed by atoms with Crippen molar-refractivity contribution < 1.29 is 9.53 Å². The molecule has 2 aromatic carbocycles. The highest BCUT2D eigenvalue weighted by atomic mass is 16.6. The zero-order valence-electron chi connectivity index (χ0n) is 16.4. The number of amides is 1. The van der Waals surface area contributed by atoms with E-state index in [1.165, 1.54) is 11.1 Å². The van der Waals surface area contributed by atoms with E-state index in [0.717, 1.165) is 44.5 Å². The van der Waals surface area contributed by atoms with Crippen LogP contribution in [0, 0.1) is 5.92 Å². The molecule has 0 saturated carbocycles. The van der Waals surface area contributed by atoms with Crippen molar-refractivity contribution in [3.63, 3.8) is 0 Å². The molecule has 1 amide bonds. The topological polar surface area (TPSA) is 32.8 Å². The second kappa shape index (κ2) is 9.56. The van der Waals surface area contributed by atoms with E-state index in [0.29, 0.717) is 12.5 Å². The van der Waals surface area contributed by atoms with E-state index in [-0.39, 0.29) is 6.09 Å².